The number of urea groups is 1. The average molecular weight is 276 g/mol. The van der Waals surface area contributed by atoms with Crippen LogP contribution in [0.3, 0.4) is 0 Å². The van der Waals surface area contributed by atoms with Crippen molar-refractivity contribution in [3.8, 4) is 0 Å². The molecule has 0 aromatic heterocycles. The summed E-state index contributed by atoms with van der Waals surface area (Å²) in [7, 11) is 0. The van der Waals surface area contributed by atoms with E-state index in [1.807, 2.05) is 0 Å². The van der Waals surface area contributed by atoms with Gasteiger partial charge in [-0.25, -0.2) is 4.79 Å². The summed E-state index contributed by atoms with van der Waals surface area (Å²) in [5.74, 6) is -0.206. The number of hydrogen-bond acceptors (Lipinski definition) is 3. The van der Waals surface area contributed by atoms with Crippen LogP contribution in [0.5, 0.6) is 0 Å². The highest BCUT2D eigenvalue weighted by atomic mass is 19.4. The normalized spacial score (nSPS) is 12.1. The fraction of sp³-hybridized carbons (Fsp3) is 0.200. The smallest absolute Gasteiger partial charge is 0.409 e. The molecule has 0 heterocycles. The second-order valence-corrected chi connectivity index (χ2v) is 3.47. The molecular formula is C10H11F3N4O2. The number of nitrogens with zero attached hydrogens (tertiary/aromatic N) is 1. The van der Waals surface area contributed by atoms with Crippen molar-refractivity contribution in [1.29, 1.82) is 0 Å². The Bertz CT molecular complexity index is 471. The molecule has 1 aromatic rings. The number of nitrogens with two attached hydrogens (primary N) is 1. The first-order chi connectivity index (χ1) is 8.82. The highest BCUT2D eigenvalue weighted by Crippen LogP contribution is 2.29. The number of carbonyl (C=O) groups excluding carboxylic acids is 1. The highest BCUT2D eigenvalue weighted by Gasteiger charge is 2.29. The van der Waals surface area contributed by atoms with Gasteiger partial charge in [-0.2, -0.15) is 13.2 Å². The Hall–Kier alpha value is -2.45. The van der Waals surface area contributed by atoms with Crippen molar-refractivity contribution >= 4 is 17.6 Å². The van der Waals surface area contributed by atoms with Crippen LogP contribution < -0.4 is 16.4 Å². The largest absolute Gasteiger partial charge is 0.416 e. The summed E-state index contributed by atoms with van der Waals surface area (Å²) in [6.45, 7) is -0.191. The summed E-state index contributed by atoms with van der Waals surface area (Å²) in [6, 6.07) is 3.24. The molecule has 0 aliphatic heterocycles. The number of anilines is 1. The Labute approximate surface area is 106 Å². The van der Waals surface area contributed by atoms with Gasteiger partial charge in [0.1, 0.15) is 0 Å². The van der Waals surface area contributed by atoms with Gasteiger partial charge in [0.05, 0.1) is 12.1 Å². The lowest BCUT2D eigenvalue weighted by atomic mass is 10.2. The molecule has 2 amide bonds. The molecule has 0 spiro atoms. The molecular weight excluding hydrogens is 265 g/mol. The zero-order valence-corrected chi connectivity index (χ0v) is 9.53. The minimum Gasteiger partial charge on any atom is -0.409 e. The van der Waals surface area contributed by atoms with Gasteiger partial charge >= 0.3 is 12.2 Å². The highest BCUT2D eigenvalue weighted by molar-refractivity contribution is 5.92. The number of halogens is 3. The first-order valence-electron chi connectivity index (χ1n) is 5.01. The average Bonchev–Trinajstić information content (AvgIpc) is 2.35. The van der Waals surface area contributed by atoms with Gasteiger partial charge in [0.2, 0.25) is 0 Å². The molecule has 0 aliphatic carbocycles. The van der Waals surface area contributed by atoms with Gasteiger partial charge in [0.25, 0.3) is 0 Å². The summed E-state index contributed by atoms with van der Waals surface area (Å²) in [4.78, 5) is 11.3. The Balaban J connectivity index is 2.56. The van der Waals surface area contributed by atoms with E-state index in [2.05, 4.69) is 15.8 Å². The van der Waals surface area contributed by atoms with Crippen LogP contribution in [0.4, 0.5) is 23.7 Å². The van der Waals surface area contributed by atoms with E-state index in [4.69, 9.17) is 10.9 Å². The first-order valence-corrected chi connectivity index (χ1v) is 5.01. The predicted molar refractivity (Wildman–Crippen MR) is 61.9 cm³/mol. The fourth-order valence-corrected chi connectivity index (χ4v) is 1.12. The van der Waals surface area contributed by atoms with Crippen molar-refractivity contribution in [2.24, 2.45) is 10.9 Å². The SMILES string of the molecule is N/C(CNC(=O)Nc1ccc(C(F)(F)F)cc1)=N/O. The van der Waals surface area contributed by atoms with Crippen molar-refractivity contribution in [2.45, 2.75) is 6.18 Å². The number of rotatable bonds is 3. The molecule has 0 bridgehead atoms. The van der Waals surface area contributed by atoms with Crippen LogP contribution >= 0.6 is 0 Å². The first kappa shape index (κ1) is 14.6. The number of nitrogens with one attached hydrogen (secondary N) is 2. The Morgan fingerprint density at radius 2 is 1.89 bits per heavy atom. The van der Waals surface area contributed by atoms with Gasteiger partial charge in [-0.05, 0) is 24.3 Å². The van der Waals surface area contributed by atoms with E-state index in [1.165, 1.54) is 0 Å². The second-order valence-electron chi connectivity index (χ2n) is 3.47. The van der Waals surface area contributed by atoms with Crippen LogP contribution in [0.15, 0.2) is 29.4 Å². The van der Waals surface area contributed by atoms with Crippen LogP contribution in [0.25, 0.3) is 0 Å². The molecule has 0 radical (unpaired) electrons. The summed E-state index contributed by atoms with van der Waals surface area (Å²) < 4.78 is 36.8. The molecule has 0 atom stereocenters. The van der Waals surface area contributed by atoms with E-state index in [1.54, 1.807) is 0 Å². The third kappa shape index (κ3) is 4.74. The second kappa shape index (κ2) is 5.94. The number of carbonyl (C=O) groups is 1. The molecule has 0 saturated carbocycles. The summed E-state index contributed by atoms with van der Waals surface area (Å²) in [6.07, 6.45) is -4.42. The molecule has 19 heavy (non-hydrogen) atoms. The molecule has 1 rings (SSSR count). The zero-order chi connectivity index (χ0) is 14.5. The molecule has 0 fully saturated rings. The minimum absolute atomic E-state index is 0.185. The fourth-order valence-electron chi connectivity index (χ4n) is 1.12. The third-order valence-electron chi connectivity index (χ3n) is 2.03. The Morgan fingerprint density at radius 1 is 1.32 bits per heavy atom. The number of benzene rings is 1. The van der Waals surface area contributed by atoms with Crippen LogP contribution in [0.1, 0.15) is 5.56 Å². The topological polar surface area (TPSA) is 99.7 Å². The number of amidine groups is 1. The molecule has 0 saturated heterocycles. The molecule has 5 N–H and O–H groups in total. The molecule has 104 valence electrons. The number of oxime groups is 1. The summed E-state index contributed by atoms with van der Waals surface area (Å²) in [5.41, 5.74) is 4.49. The maximum Gasteiger partial charge on any atom is 0.416 e. The van der Waals surface area contributed by atoms with E-state index in [0.717, 1.165) is 24.3 Å². The molecule has 0 unspecified atom stereocenters. The monoisotopic (exact) mass is 276 g/mol. The van der Waals surface area contributed by atoms with Crippen molar-refractivity contribution in [1.82, 2.24) is 5.32 Å². The van der Waals surface area contributed by atoms with Crippen molar-refractivity contribution in [2.75, 3.05) is 11.9 Å². The molecule has 6 nitrogen and oxygen atoms in total. The summed E-state index contributed by atoms with van der Waals surface area (Å²) in [5, 5.41) is 15.4. The molecule has 1 aromatic carbocycles. The van der Waals surface area contributed by atoms with Crippen molar-refractivity contribution < 1.29 is 23.2 Å². The van der Waals surface area contributed by atoms with Gasteiger partial charge < -0.3 is 21.6 Å². The third-order valence-corrected chi connectivity index (χ3v) is 2.03. The van der Waals surface area contributed by atoms with E-state index in [9.17, 15) is 18.0 Å². The zero-order valence-electron chi connectivity index (χ0n) is 9.53. The van der Waals surface area contributed by atoms with E-state index < -0.39 is 17.8 Å². The number of hydrogen-bond donors (Lipinski definition) is 4. The van der Waals surface area contributed by atoms with E-state index in [0.29, 0.717) is 0 Å². The van der Waals surface area contributed by atoms with Crippen molar-refractivity contribution in [3.63, 3.8) is 0 Å². The lowest BCUT2D eigenvalue weighted by molar-refractivity contribution is -0.137. The standard InChI is InChI=1S/C10H11F3N4O2/c11-10(12,13)6-1-3-7(4-2-6)16-9(18)15-5-8(14)17-19/h1-4,19H,5H2,(H2,14,17)(H2,15,16,18). The maximum absolute atomic E-state index is 12.3. The van der Waals surface area contributed by atoms with Crippen LogP contribution in [-0.4, -0.2) is 23.6 Å². The predicted octanol–water partition coefficient (Wildman–Crippen LogP) is 1.57. The van der Waals surface area contributed by atoms with Gasteiger partial charge in [-0.15, -0.1) is 0 Å². The molecule has 9 heteroatoms. The van der Waals surface area contributed by atoms with Crippen molar-refractivity contribution in [3.05, 3.63) is 29.8 Å². The van der Waals surface area contributed by atoms with Gasteiger partial charge in [0.15, 0.2) is 5.84 Å². The minimum atomic E-state index is -4.42. The quantitative estimate of drug-likeness (QED) is 0.292. The van der Waals surface area contributed by atoms with E-state index in [-0.39, 0.29) is 18.1 Å². The van der Waals surface area contributed by atoms with E-state index >= 15 is 0 Å². The van der Waals surface area contributed by atoms with Crippen LogP contribution in [-0.2, 0) is 6.18 Å². The maximum atomic E-state index is 12.3. The van der Waals surface area contributed by atoms with Gasteiger partial charge in [-0.1, -0.05) is 5.16 Å². The summed E-state index contributed by atoms with van der Waals surface area (Å²) >= 11 is 0. The van der Waals surface area contributed by atoms with Gasteiger partial charge in [-0.3, -0.25) is 0 Å². The lowest BCUT2D eigenvalue weighted by Gasteiger charge is -2.09. The lowest BCUT2D eigenvalue weighted by Crippen LogP contribution is -2.36. The number of amides is 2. The Morgan fingerprint density at radius 3 is 2.37 bits per heavy atom. The molecule has 0 aliphatic rings. The van der Waals surface area contributed by atoms with Crippen LogP contribution in [0, 0.1) is 0 Å². The number of alkyl halides is 3. The van der Waals surface area contributed by atoms with Crippen LogP contribution in [0.2, 0.25) is 0 Å². The van der Waals surface area contributed by atoms with Gasteiger partial charge in [0, 0.05) is 5.69 Å². The Kier molecular flexibility index (Phi) is 4.56.